The van der Waals surface area contributed by atoms with Gasteiger partial charge in [0.05, 0.1) is 13.6 Å². The minimum atomic E-state index is 0.869. The number of hydrogen-bond acceptors (Lipinski definition) is 0. The first-order valence-electron chi connectivity index (χ1n) is 4.84. The van der Waals surface area contributed by atoms with Gasteiger partial charge in [-0.25, -0.2) is 9.13 Å². The zero-order valence-corrected chi connectivity index (χ0v) is 8.67. The van der Waals surface area contributed by atoms with Crippen LogP contribution in [0.25, 0.3) is 0 Å². The Morgan fingerprint density at radius 2 is 1.86 bits per heavy atom. The van der Waals surface area contributed by atoms with Crippen molar-refractivity contribution in [2.75, 3.05) is 0 Å². The summed E-state index contributed by atoms with van der Waals surface area (Å²) < 4.78 is 8.49. The summed E-state index contributed by atoms with van der Waals surface area (Å²) in [6.07, 6.45) is 12.5. The first-order chi connectivity index (χ1) is 6.78. The second-order valence-corrected chi connectivity index (χ2v) is 3.49. The van der Waals surface area contributed by atoms with E-state index in [4.69, 9.17) is 0 Å². The summed E-state index contributed by atoms with van der Waals surface area (Å²) in [7, 11) is 2.03. The SMILES string of the molecule is CCn1cc[n+](Cn2cc[n+](C)c2)c1. The lowest BCUT2D eigenvalue weighted by Crippen LogP contribution is -2.35. The fraction of sp³-hybridized carbons (Fsp3) is 0.400. The monoisotopic (exact) mass is 192 g/mol. The lowest BCUT2D eigenvalue weighted by Gasteiger charge is -1.90. The number of hydrogen-bond donors (Lipinski definition) is 0. The maximum Gasteiger partial charge on any atom is 0.246 e. The Labute approximate surface area is 83.6 Å². The van der Waals surface area contributed by atoms with Crippen molar-refractivity contribution in [3.8, 4) is 0 Å². The van der Waals surface area contributed by atoms with Gasteiger partial charge in [0.15, 0.2) is 0 Å². The molecule has 2 heterocycles. The Morgan fingerprint density at radius 3 is 2.43 bits per heavy atom. The summed E-state index contributed by atoms with van der Waals surface area (Å²) in [5.74, 6) is 0. The molecule has 0 saturated carbocycles. The smallest absolute Gasteiger partial charge is 0.239 e. The molecular formula is C10H16N4+2. The van der Waals surface area contributed by atoms with E-state index in [1.54, 1.807) is 0 Å². The van der Waals surface area contributed by atoms with Crippen molar-refractivity contribution >= 4 is 0 Å². The van der Waals surface area contributed by atoms with Gasteiger partial charge in [-0.15, -0.1) is 0 Å². The number of aromatic nitrogens is 4. The first-order valence-corrected chi connectivity index (χ1v) is 4.84. The summed E-state index contributed by atoms with van der Waals surface area (Å²) in [4.78, 5) is 0. The van der Waals surface area contributed by atoms with Crippen LogP contribution >= 0.6 is 0 Å². The van der Waals surface area contributed by atoms with Crippen LogP contribution in [-0.2, 0) is 20.3 Å². The molecule has 0 saturated heterocycles. The van der Waals surface area contributed by atoms with E-state index in [1.165, 1.54) is 0 Å². The van der Waals surface area contributed by atoms with E-state index in [-0.39, 0.29) is 0 Å². The van der Waals surface area contributed by atoms with E-state index in [0.717, 1.165) is 13.2 Å². The van der Waals surface area contributed by atoms with Gasteiger partial charge >= 0.3 is 0 Å². The van der Waals surface area contributed by atoms with Crippen molar-refractivity contribution in [3.63, 3.8) is 0 Å². The molecule has 0 unspecified atom stereocenters. The van der Waals surface area contributed by atoms with Crippen LogP contribution in [0.1, 0.15) is 6.92 Å². The molecular weight excluding hydrogens is 176 g/mol. The van der Waals surface area contributed by atoms with Crippen LogP contribution in [0.2, 0.25) is 0 Å². The molecule has 0 atom stereocenters. The van der Waals surface area contributed by atoms with Crippen molar-refractivity contribution in [3.05, 3.63) is 37.4 Å². The molecule has 0 amide bonds. The Bertz CT molecular complexity index is 413. The van der Waals surface area contributed by atoms with Crippen molar-refractivity contribution in [2.24, 2.45) is 7.05 Å². The Balaban J connectivity index is 2.10. The zero-order valence-electron chi connectivity index (χ0n) is 8.67. The van der Waals surface area contributed by atoms with E-state index in [9.17, 15) is 0 Å². The van der Waals surface area contributed by atoms with E-state index in [0.29, 0.717) is 0 Å². The fourth-order valence-electron chi connectivity index (χ4n) is 1.48. The third-order valence-electron chi connectivity index (χ3n) is 2.26. The van der Waals surface area contributed by atoms with Crippen LogP contribution in [0.3, 0.4) is 0 Å². The van der Waals surface area contributed by atoms with E-state index < -0.39 is 0 Å². The van der Waals surface area contributed by atoms with Crippen molar-refractivity contribution < 1.29 is 9.13 Å². The third-order valence-corrected chi connectivity index (χ3v) is 2.26. The standard InChI is InChI=1S/C10H16N4/c1-3-12-6-7-14(9-12)10-13-5-4-11(2)8-13/h4-9H,3,10H2,1-2H3/q+2. The topological polar surface area (TPSA) is 17.6 Å². The highest BCUT2D eigenvalue weighted by Gasteiger charge is 2.05. The summed E-state index contributed by atoms with van der Waals surface area (Å²) >= 11 is 0. The number of aryl methyl sites for hydroxylation is 2. The van der Waals surface area contributed by atoms with Crippen LogP contribution in [0.4, 0.5) is 0 Å². The molecule has 2 aromatic heterocycles. The van der Waals surface area contributed by atoms with Gasteiger partial charge in [-0.1, -0.05) is 0 Å². The van der Waals surface area contributed by atoms with Gasteiger partial charge in [-0.05, 0) is 6.92 Å². The molecule has 0 bridgehead atoms. The second kappa shape index (κ2) is 3.65. The molecule has 0 aliphatic rings. The average molecular weight is 192 g/mol. The van der Waals surface area contributed by atoms with Gasteiger partial charge in [0.25, 0.3) is 0 Å². The minimum absolute atomic E-state index is 0.869. The largest absolute Gasteiger partial charge is 0.246 e. The summed E-state index contributed by atoms with van der Waals surface area (Å²) in [6.45, 7) is 4.03. The van der Waals surface area contributed by atoms with Crippen LogP contribution in [0, 0.1) is 0 Å². The molecule has 14 heavy (non-hydrogen) atoms. The van der Waals surface area contributed by atoms with Crippen LogP contribution < -0.4 is 9.13 Å². The summed E-state index contributed by atoms with van der Waals surface area (Å²) in [5, 5.41) is 0. The lowest BCUT2D eigenvalue weighted by atomic mass is 10.7. The Morgan fingerprint density at radius 1 is 1.07 bits per heavy atom. The number of nitrogens with zero attached hydrogens (tertiary/aromatic N) is 4. The highest BCUT2D eigenvalue weighted by atomic mass is 15.2. The molecule has 0 fully saturated rings. The molecule has 0 aliphatic carbocycles. The van der Waals surface area contributed by atoms with Gasteiger partial charge in [0.2, 0.25) is 19.3 Å². The highest BCUT2D eigenvalue weighted by Crippen LogP contribution is 1.85. The molecule has 4 nitrogen and oxygen atoms in total. The minimum Gasteiger partial charge on any atom is -0.239 e. The average Bonchev–Trinajstić information content (AvgIpc) is 2.76. The summed E-state index contributed by atoms with van der Waals surface area (Å²) in [6, 6.07) is 0. The molecule has 0 aromatic carbocycles. The van der Waals surface area contributed by atoms with E-state index in [1.807, 2.05) is 17.8 Å². The molecule has 0 spiro atoms. The van der Waals surface area contributed by atoms with Gasteiger partial charge in [-0.3, -0.25) is 0 Å². The van der Waals surface area contributed by atoms with Crippen LogP contribution in [0.15, 0.2) is 37.4 Å². The van der Waals surface area contributed by atoms with Crippen LogP contribution in [-0.4, -0.2) is 9.13 Å². The van der Waals surface area contributed by atoms with Gasteiger partial charge < -0.3 is 0 Å². The lowest BCUT2D eigenvalue weighted by molar-refractivity contribution is -0.706. The van der Waals surface area contributed by atoms with Crippen LogP contribution in [0.5, 0.6) is 0 Å². The third kappa shape index (κ3) is 1.84. The molecule has 4 heteroatoms. The number of rotatable bonds is 3. The molecule has 0 radical (unpaired) electrons. The predicted molar refractivity (Wildman–Crippen MR) is 51.3 cm³/mol. The normalized spacial score (nSPS) is 10.7. The molecule has 2 aromatic rings. The molecule has 2 rings (SSSR count). The Kier molecular flexibility index (Phi) is 2.35. The second-order valence-electron chi connectivity index (χ2n) is 3.49. The van der Waals surface area contributed by atoms with E-state index in [2.05, 4.69) is 51.9 Å². The maximum atomic E-state index is 2.16. The zero-order chi connectivity index (χ0) is 9.97. The molecule has 0 aliphatic heterocycles. The molecule has 0 N–H and O–H groups in total. The van der Waals surface area contributed by atoms with Gasteiger partial charge in [0.1, 0.15) is 24.8 Å². The van der Waals surface area contributed by atoms with Gasteiger partial charge in [0, 0.05) is 0 Å². The van der Waals surface area contributed by atoms with Crippen molar-refractivity contribution in [1.82, 2.24) is 9.13 Å². The first kappa shape index (κ1) is 8.99. The summed E-state index contributed by atoms with van der Waals surface area (Å²) in [5.41, 5.74) is 0. The van der Waals surface area contributed by atoms with Crippen molar-refractivity contribution in [1.29, 1.82) is 0 Å². The fourth-order valence-corrected chi connectivity index (χ4v) is 1.48. The maximum absolute atomic E-state index is 2.16. The highest BCUT2D eigenvalue weighted by molar-refractivity contribution is 4.66. The van der Waals surface area contributed by atoms with Crippen molar-refractivity contribution in [2.45, 2.75) is 20.1 Å². The van der Waals surface area contributed by atoms with E-state index >= 15 is 0 Å². The quantitative estimate of drug-likeness (QED) is 0.606. The molecule has 74 valence electrons. The van der Waals surface area contributed by atoms with Gasteiger partial charge in [-0.2, -0.15) is 9.13 Å². The predicted octanol–water partition coefficient (Wildman–Crippen LogP) is -0.0727. The Hall–Kier alpha value is -1.58. The number of imidazole rings is 2.